The molecule has 2 aromatic heterocycles. The highest BCUT2D eigenvalue weighted by molar-refractivity contribution is 7.91. The van der Waals surface area contributed by atoms with E-state index in [-0.39, 0.29) is 23.5 Å². The molecule has 0 bridgehead atoms. The van der Waals surface area contributed by atoms with Gasteiger partial charge in [-0.25, -0.2) is 18.1 Å². The molecule has 2 aliphatic heterocycles. The van der Waals surface area contributed by atoms with Gasteiger partial charge in [0.1, 0.15) is 0 Å². The van der Waals surface area contributed by atoms with Crippen molar-refractivity contribution in [1.29, 1.82) is 0 Å². The molecule has 4 heterocycles. The quantitative estimate of drug-likeness (QED) is 0.606. The zero-order valence-electron chi connectivity index (χ0n) is 18.9. The molecule has 6 rings (SSSR count). The second-order valence-electron chi connectivity index (χ2n) is 9.32. The second kappa shape index (κ2) is 7.97. The zero-order chi connectivity index (χ0) is 23.4. The van der Waals surface area contributed by atoms with Crippen LogP contribution in [-0.4, -0.2) is 53.8 Å². The Balaban J connectivity index is 1.39. The number of nitrogens with one attached hydrogen (secondary N) is 1. The largest absolute Gasteiger partial charge is 0.490 e. The van der Waals surface area contributed by atoms with Crippen LogP contribution < -0.4 is 14.8 Å². The number of aromatic nitrogens is 3. The lowest BCUT2D eigenvalue weighted by Crippen LogP contribution is -2.15. The Labute approximate surface area is 197 Å². The average Bonchev–Trinajstić information content (AvgIpc) is 3.57. The summed E-state index contributed by atoms with van der Waals surface area (Å²) in [7, 11) is -3.08. The Morgan fingerprint density at radius 3 is 2.65 bits per heavy atom. The van der Waals surface area contributed by atoms with Crippen LogP contribution >= 0.6 is 0 Å². The van der Waals surface area contributed by atoms with Crippen LogP contribution in [0.2, 0.25) is 0 Å². The van der Waals surface area contributed by atoms with Gasteiger partial charge in [-0.1, -0.05) is 0 Å². The highest BCUT2D eigenvalue weighted by Crippen LogP contribution is 2.41. The van der Waals surface area contributed by atoms with Crippen LogP contribution in [-0.2, 0) is 9.84 Å². The molecule has 1 saturated carbocycles. The Bertz CT molecular complexity index is 1410. The fourth-order valence-corrected chi connectivity index (χ4v) is 6.45. The van der Waals surface area contributed by atoms with Crippen LogP contribution in [0.25, 0.3) is 11.0 Å². The molecule has 2 fully saturated rings. The summed E-state index contributed by atoms with van der Waals surface area (Å²) in [6, 6.07) is 6.98. The lowest BCUT2D eigenvalue weighted by molar-refractivity contribution is 0.102. The maximum absolute atomic E-state index is 13.5. The van der Waals surface area contributed by atoms with Crippen molar-refractivity contribution < 1.29 is 22.7 Å². The summed E-state index contributed by atoms with van der Waals surface area (Å²) >= 11 is 0. The lowest BCUT2D eigenvalue weighted by Gasteiger charge is -2.13. The second-order valence-corrected chi connectivity index (χ2v) is 11.5. The van der Waals surface area contributed by atoms with Crippen molar-refractivity contribution in [1.82, 2.24) is 14.8 Å². The van der Waals surface area contributed by atoms with E-state index in [1.54, 1.807) is 22.9 Å². The van der Waals surface area contributed by atoms with E-state index in [0.29, 0.717) is 65.0 Å². The van der Waals surface area contributed by atoms with Crippen molar-refractivity contribution in [3.8, 4) is 11.5 Å². The highest BCUT2D eigenvalue weighted by atomic mass is 32.2. The molecule has 1 saturated heterocycles. The molecule has 1 N–H and O–H groups in total. The molecule has 178 valence electrons. The van der Waals surface area contributed by atoms with E-state index in [1.807, 2.05) is 13.0 Å². The number of aryl methyl sites for hydroxylation is 1. The van der Waals surface area contributed by atoms with Gasteiger partial charge in [-0.05, 0) is 44.4 Å². The SMILES string of the molecule is Cc1nn(C2CCS(=O)(=O)C2)c2nc(C3CC3)cc(C(=O)Nc3ccc4c(c3)OCCCO4)c12. The number of amides is 1. The number of hydrogen-bond donors (Lipinski definition) is 1. The lowest BCUT2D eigenvalue weighted by atomic mass is 10.1. The number of nitrogens with zero attached hydrogens (tertiary/aromatic N) is 3. The minimum absolute atomic E-state index is 0.0529. The van der Waals surface area contributed by atoms with E-state index in [2.05, 4.69) is 10.4 Å². The van der Waals surface area contributed by atoms with Gasteiger partial charge >= 0.3 is 0 Å². The van der Waals surface area contributed by atoms with Crippen LogP contribution in [0.3, 0.4) is 0 Å². The number of hydrogen-bond acceptors (Lipinski definition) is 7. The van der Waals surface area contributed by atoms with Gasteiger partial charge in [-0.3, -0.25) is 4.79 Å². The van der Waals surface area contributed by atoms with Crippen molar-refractivity contribution >= 4 is 32.5 Å². The molecule has 9 nitrogen and oxygen atoms in total. The van der Waals surface area contributed by atoms with Gasteiger partial charge in [0, 0.05) is 29.8 Å². The third-order valence-electron chi connectivity index (χ3n) is 6.66. The predicted octanol–water partition coefficient (Wildman–Crippen LogP) is 3.39. The molecule has 1 amide bonds. The molecule has 0 spiro atoms. The monoisotopic (exact) mass is 482 g/mol. The van der Waals surface area contributed by atoms with Gasteiger partial charge in [-0.15, -0.1) is 0 Å². The van der Waals surface area contributed by atoms with Crippen LogP contribution in [0.15, 0.2) is 24.3 Å². The van der Waals surface area contributed by atoms with Gasteiger partial charge in [0.05, 0.1) is 47.4 Å². The van der Waals surface area contributed by atoms with Gasteiger partial charge in [0.25, 0.3) is 5.91 Å². The molecule has 1 aromatic carbocycles. The number of sulfone groups is 1. The molecule has 10 heteroatoms. The molecular weight excluding hydrogens is 456 g/mol. The summed E-state index contributed by atoms with van der Waals surface area (Å²) in [5.41, 5.74) is 3.23. The molecule has 3 aliphatic rings. The molecular formula is C24H26N4O5S. The summed E-state index contributed by atoms with van der Waals surface area (Å²) in [5.74, 6) is 1.55. The first-order valence-electron chi connectivity index (χ1n) is 11.7. The van der Waals surface area contributed by atoms with Crippen molar-refractivity contribution in [2.75, 3.05) is 30.0 Å². The normalized spacial score (nSPS) is 21.4. The van der Waals surface area contributed by atoms with Gasteiger partial charge in [0.2, 0.25) is 0 Å². The zero-order valence-corrected chi connectivity index (χ0v) is 19.7. The maximum atomic E-state index is 13.5. The fraction of sp³-hybridized carbons (Fsp3) is 0.458. The molecule has 34 heavy (non-hydrogen) atoms. The number of ether oxygens (including phenoxy) is 2. The van der Waals surface area contributed by atoms with Crippen molar-refractivity contribution in [2.24, 2.45) is 0 Å². The number of benzene rings is 1. The molecule has 1 aliphatic carbocycles. The molecule has 1 atom stereocenters. The van der Waals surface area contributed by atoms with Crippen LogP contribution in [0.1, 0.15) is 59.4 Å². The first kappa shape index (κ1) is 21.4. The standard InChI is InChI=1S/C24H26N4O5S/c1-14-22-18(24(29)25-16-5-6-20-21(11-16)33-9-2-8-32-20)12-19(15-3-4-15)26-23(22)28(27-14)17-7-10-34(30,31)13-17/h5-6,11-12,15,17H,2-4,7-10,13H2,1H3,(H,25,29). The fourth-order valence-electron chi connectivity index (χ4n) is 4.76. The smallest absolute Gasteiger partial charge is 0.256 e. The summed E-state index contributed by atoms with van der Waals surface area (Å²) in [5, 5.41) is 8.31. The number of fused-ring (bicyclic) bond motifs is 2. The van der Waals surface area contributed by atoms with Gasteiger partial charge in [-0.2, -0.15) is 5.10 Å². The first-order chi connectivity index (χ1) is 16.4. The minimum atomic E-state index is -3.08. The molecule has 3 aromatic rings. The van der Waals surface area contributed by atoms with Crippen LogP contribution in [0, 0.1) is 6.92 Å². The molecule has 1 unspecified atom stereocenters. The van der Waals surface area contributed by atoms with E-state index in [0.717, 1.165) is 25.0 Å². The topological polar surface area (TPSA) is 112 Å². The summed E-state index contributed by atoms with van der Waals surface area (Å²) in [4.78, 5) is 18.4. The summed E-state index contributed by atoms with van der Waals surface area (Å²) in [6.07, 6.45) is 3.38. The average molecular weight is 483 g/mol. The Kier molecular flexibility index (Phi) is 5.02. The minimum Gasteiger partial charge on any atom is -0.490 e. The van der Waals surface area contributed by atoms with E-state index in [1.165, 1.54) is 0 Å². The number of carbonyl (C=O) groups is 1. The van der Waals surface area contributed by atoms with Crippen molar-refractivity contribution in [3.05, 3.63) is 41.2 Å². The highest BCUT2D eigenvalue weighted by Gasteiger charge is 2.34. The summed E-state index contributed by atoms with van der Waals surface area (Å²) < 4.78 is 37.4. The maximum Gasteiger partial charge on any atom is 0.256 e. The first-order valence-corrected chi connectivity index (χ1v) is 13.5. The summed E-state index contributed by atoms with van der Waals surface area (Å²) in [6.45, 7) is 3.00. The number of anilines is 1. The Morgan fingerprint density at radius 2 is 1.91 bits per heavy atom. The van der Waals surface area contributed by atoms with Crippen LogP contribution in [0.5, 0.6) is 11.5 Å². The van der Waals surface area contributed by atoms with Gasteiger partial charge in [0.15, 0.2) is 27.0 Å². The van der Waals surface area contributed by atoms with E-state index < -0.39 is 9.84 Å². The Hall–Kier alpha value is -3.14. The third kappa shape index (κ3) is 3.89. The third-order valence-corrected chi connectivity index (χ3v) is 8.41. The van der Waals surface area contributed by atoms with E-state index >= 15 is 0 Å². The van der Waals surface area contributed by atoms with Crippen molar-refractivity contribution in [2.45, 2.75) is 44.6 Å². The number of rotatable bonds is 4. The predicted molar refractivity (Wildman–Crippen MR) is 127 cm³/mol. The van der Waals surface area contributed by atoms with Crippen LogP contribution in [0.4, 0.5) is 5.69 Å². The van der Waals surface area contributed by atoms with Gasteiger partial charge < -0.3 is 14.8 Å². The number of pyridine rings is 1. The van der Waals surface area contributed by atoms with Crippen molar-refractivity contribution in [3.63, 3.8) is 0 Å². The Morgan fingerprint density at radius 1 is 1.12 bits per heavy atom. The van der Waals surface area contributed by atoms with E-state index in [9.17, 15) is 13.2 Å². The number of carbonyl (C=O) groups excluding carboxylic acids is 1. The molecule has 0 radical (unpaired) electrons. The van der Waals surface area contributed by atoms with E-state index in [4.69, 9.17) is 14.5 Å².